The maximum Gasteiger partial charge on any atom is 0.115 e. The fourth-order valence-corrected chi connectivity index (χ4v) is 1.55. The molecule has 0 spiro atoms. The van der Waals surface area contributed by atoms with Crippen LogP contribution < -0.4 is 5.32 Å². The Kier molecular flexibility index (Phi) is 5.29. The number of hydrogen-bond acceptors (Lipinski definition) is 3. The molecule has 1 aromatic rings. The van der Waals surface area contributed by atoms with E-state index < -0.39 is 0 Å². The molecule has 2 atom stereocenters. The van der Waals surface area contributed by atoms with E-state index in [0.717, 1.165) is 24.9 Å². The minimum atomic E-state index is -0.209. The van der Waals surface area contributed by atoms with Crippen LogP contribution in [0.15, 0.2) is 24.3 Å². The fourth-order valence-electron chi connectivity index (χ4n) is 1.55. The van der Waals surface area contributed by atoms with Crippen molar-refractivity contribution in [1.82, 2.24) is 5.32 Å². The number of nitrogens with one attached hydrogen (secondary N) is 1. The van der Waals surface area contributed by atoms with Gasteiger partial charge in [-0.15, -0.1) is 0 Å². The van der Waals surface area contributed by atoms with Crippen molar-refractivity contribution in [3.8, 4) is 5.75 Å². The molecule has 0 bridgehead atoms. The Morgan fingerprint density at radius 3 is 2.44 bits per heavy atom. The predicted molar refractivity (Wildman–Crippen MR) is 65.4 cm³/mol. The van der Waals surface area contributed by atoms with Crippen molar-refractivity contribution in [3.05, 3.63) is 29.8 Å². The molecule has 0 saturated carbocycles. The zero-order chi connectivity index (χ0) is 12.0. The summed E-state index contributed by atoms with van der Waals surface area (Å²) in [7, 11) is 0. The van der Waals surface area contributed by atoms with Crippen molar-refractivity contribution in [1.29, 1.82) is 0 Å². The molecule has 90 valence electrons. The molecule has 0 aliphatic rings. The van der Waals surface area contributed by atoms with Gasteiger partial charge in [0, 0.05) is 6.04 Å². The highest BCUT2D eigenvalue weighted by Gasteiger charge is 2.05. The summed E-state index contributed by atoms with van der Waals surface area (Å²) in [4.78, 5) is 0. The molecule has 1 aromatic carbocycles. The topological polar surface area (TPSA) is 52.5 Å². The Labute approximate surface area is 97.1 Å². The van der Waals surface area contributed by atoms with Gasteiger partial charge in [0.15, 0.2) is 0 Å². The lowest BCUT2D eigenvalue weighted by atomic mass is 10.1. The van der Waals surface area contributed by atoms with Gasteiger partial charge in [0.25, 0.3) is 0 Å². The van der Waals surface area contributed by atoms with E-state index in [-0.39, 0.29) is 17.9 Å². The molecule has 0 saturated heterocycles. The molecule has 3 nitrogen and oxygen atoms in total. The van der Waals surface area contributed by atoms with Crippen LogP contribution in [0.25, 0.3) is 0 Å². The molecule has 3 N–H and O–H groups in total. The van der Waals surface area contributed by atoms with Crippen LogP contribution in [0.2, 0.25) is 0 Å². The van der Waals surface area contributed by atoms with Gasteiger partial charge >= 0.3 is 0 Å². The molecular formula is C13H21NO2. The standard InChI is InChI=1S/C13H21NO2/c1-3-12(15)8-9-14-10(2)11-4-6-13(16)7-5-11/h4-7,10,12,14-16H,3,8-9H2,1-2H3. The van der Waals surface area contributed by atoms with Crippen molar-refractivity contribution < 1.29 is 10.2 Å². The average molecular weight is 223 g/mol. The van der Waals surface area contributed by atoms with Gasteiger partial charge in [-0.05, 0) is 44.0 Å². The number of aliphatic hydroxyl groups excluding tert-OH is 1. The summed E-state index contributed by atoms with van der Waals surface area (Å²) in [6.07, 6.45) is 1.37. The highest BCUT2D eigenvalue weighted by atomic mass is 16.3. The number of phenols is 1. The van der Waals surface area contributed by atoms with Crippen LogP contribution in [0.1, 0.15) is 38.3 Å². The predicted octanol–water partition coefficient (Wildman–Crippen LogP) is 2.20. The molecule has 0 aliphatic carbocycles. The van der Waals surface area contributed by atoms with Crippen LogP contribution in [0.4, 0.5) is 0 Å². The Hall–Kier alpha value is -1.06. The van der Waals surface area contributed by atoms with E-state index in [2.05, 4.69) is 12.2 Å². The van der Waals surface area contributed by atoms with Crippen LogP contribution in [0.5, 0.6) is 5.75 Å². The number of benzene rings is 1. The van der Waals surface area contributed by atoms with Gasteiger partial charge in [0.05, 0.1) is 6.10 Å². The molecule has 0 aliphatic heterocycles. The second-order valence-corrected chi connectivity index (χ2v) is 4.12. The molecule has 0 aromatic heterocycles. The summed E-state index contributed by atoms with van der Waals surface area (Å²) in [6.45, 7) is 4.86. The summed E-state index contributed by atoms with van der Waals surface area (Å²) in [5.41, 5.74) is 1.14. The molecule has 16 heavy (non-hydrogen) atoms. The Bertz CT molecular complexity index is 297. The maximum atomic E-state index is 9.40. The lowest BCUT2D eigenvalue weighted by Crippen LogP contribution is -2.23. The number of rotatable bonds is 6. The van der Waals surface area contributed by atoms with E-state index in [4.69, 9.17) is 5.11 Å². The lowest BCUT2D eigenvalue weighted by Gasteiger charge is -2.15. The summed E-state index contributed by atoms with van der Waals surface area (Å²) in [5.74, 6) is 0.289. The highest BCUT2D eigenvalue weighted by Crippen LogP contribution is 2.16. The summed E-state index contributed by atoms with van der Waals surface area (Å²) >= 11 is 0. The molecule has 0 amide bonds. The van der Waals surface area contributed by atoms with Crippen LogP contribution in [0, 0.1) is 0 Å². The molecule has 0 fully saturated rings. The Morgan fingerprint density at radius 2 is 1.88 bits per heavy atom. The van der Waals surface area contributed by atoms with Crippen molar-refractivity contribution in [3.63, 3.8) is 0 Å². The van der Waals surface area contributed by atoms with E-state index in [1.165, 1.54) is 0 Å². The normalized spacial score (nSPS) is 14.7. The smallest absolute Gasteiger partial charge is 0.115 e. The molecule has 2 unspecified atom stereocenters. The third-order valence-corrected chi connectivity index (χ3v) is 2.79. The van der Waals surface area contributed by atoms with Crippen molar-refractivity contribution in [2.24, 2.45) is 0 Å². The average Bonchev–Trinajstić information content (AvgIpc) is 2.29. The van der Waals surface area contributed by atoms with Gasteiger partial charge in [-0.2, -0.15) is 0 Å². The largest absolute Gasteiger partial charge is 0.508 e. The Morgan fingerprint density at radius 1 is 1.25 bits per heavy atom. The van der Waals surface area contributed by atoms with Crippen molar-refractivity contribution in [2.75, 3.05) is 6.54 Å². The van der Waals surface area contributed by atoms with E-state index in [1.807, 2.05) is 19.1 Å². The van der Waals surface area contributed by atoms with E-state index in [1.54, 1.807) is 12.1 Å². The first-order chi connectivity index (χ1) is 7.63. The van der Waals surface area contributed by atoms with Gasteiger partial charge in [-0.1, -0.05) is 19.1 Å². The first-order valence-electron chi connectivity index (χ1n) is 5.84. The van der Waals surface area contributed by atoms with Gasteiger partial charge < -0.3 is 15.5 Å². The first-order valence-corrected chi connectivity index (χ1v) is 5.84. The van der Waals surface area contributed by atoms with E-state index in [9.17, 15) is 5.11 Å². The van der Waals surface area contributed by atoms with Crippen LogP contribution in [-0.2, 0) is 0 Å². The number of hydrogen-bond donors (Lipinski definition) is 3. The SMILES string of the molecule is CCC(O)CCNC(C)c1ccc(O)cc1. The minimum Gasteiger partial charge on any atom is -0.508 e. The number of phenolic OH excluding ortho intramolecular Hbond substituents is 1. The fraction of sp³-hybridized carbons (Fsp3) is 0.538. The maximum absolute atomic E-state index is 9.40. The van der Waals surface area contributed by atoms with Crippen molar-refractivity contribution in [2.45, 2.75) is 38.8 Å². The van der Waals surface area contributed by atoms with Crippen LogP contribution in [0.3, 0.4) is 0 Å². The first kappa shape index (κ1) is 13.0. The lowest BCUT2D eigenvalue weighted by molar-refractivity contribution is 0.159. The third-order valence-electron chi connectivity index (χ3n) is 2.79. The van der Waals surface area contributed by atoms with Crippen LogP contribution >= 0.6 is 0 Å². The summed E-state index contributed by atoms with van der Waals surface area (Å²) < 4.78 is 0. The third kappa shape index (κ3) is 4.21. The highest BCUT2D eigenvalue weighted by molar-refractivity contribution is 5.27. The van der Waals surface area contributed by atoms with E-state index >= 15 is 0 Å². The molecule has 1 rings (SSSR count). The second-order valence-electron chi connectivity index (χ2n) is 4.12. The molecule has 0 heterocycles. The van der Waals surface area contributed by atoms with Crippen LogP contribution in [-0.4, -0.2) is 22.9 Å². The molecular weight excluding hydrogens is 202 g/mol. The zero-order valence-corrected chi connectivity index (χ0v) is 9.98. The monoisotopic (exact) mass is 223 g/mol. The second kappa shape index (κ2) is 6.51. The summed E-state index contributed by atoms with van der Waals surface area (Å²) in [6, 6.07) is 7.43. The molecule has 3 heteroatoms. The van der Waals surface area contributed by atoms with E-state index in [0.29, 0.717) is 0 Å². The quantitative estimate of drug-likeness (QED) is 0.693. The summed E-state index contributed by atoms with van der Waals surface area (Å²) in [5, 5.41) is 21.9. The van der Waals surface area contributed by atoms with Gasteiger partial charge in [0.2, 0.25) is 0 Å². The molecule has 0 radical (unpaired) electrons. The van der Waals surface area contributed by atoms with Crippen molar-refractivity contribution >= 4 is 0 Å². The Balaban J connectivity index is 2.35. The van der Waals surface area contributed by atoms with Gasteiger partial charge in [0.1, 0.15) is 5.75 Å². The number of aliphatic hydroxyl groups is 1. The van der Waals surface area contributed by atoms with Gasteiger partial charge in [-0.25, -0.2) is 0 Å². The van der Waals surface area contributed by atoms with Gasteiger partial charge in [-0.3, -0.25) is 0 Å². The zero-order valence-electron chi connectivity index (χ0n) is 9.98. The number of aromatic hydroxyl groups is 1. The minimum absolute atomic E-state index is 0.209.